The molecular formula is C10H10N2O3S2. The van der Waals surface area contributed by atoms with Crippen LogP contribution >= 0.6 is 11.3 Å². The monoisotopic (exact) mass is 270 g/mol. The van der Waals surface area contributed by atoms with Crippen LogP contribution < -0.4 is 0 Å². The normalized spacial score (nSPS) is 16.9. The van der Waals surface area contributed by atoms with E-state index in [0.717, 1.165) is 11.3 Å². The molecular weight excluding hydrogens is 260 g/mol. The highest BCUT2D eigenvalue weighted by molar-refractivity contribution is 7.91. The van der Waals surface area contributed by atoms with Crippen LogP contribution in [0, 0.1) is 0 Å². The van der Waals surface area contributed by atoms with Crippen LogP contribution in [0.1, 0.15) is 11.3 Å². The zero-order chi connectivity index (χ0) is 11.9. The maximum Gasteiger partial charge on any atom is 0.252 e. The summed E-state index contributed by atoms with van der Waals surface area (Å²) in [6, 6.07) is 3.37. The van der Waals surface area contributed by atoms with Crippen LogP contribution in [0.25, 0.3) is 0 Å². The minimum absolute atomic E-state index is 0.346. The number of hydrogen-bond acceptors (Lipinski definition) is 5. The minimum Gasteiger partial charge on any atom is -0.361 e. The summed E-state index contributed by atoms with van der Waals surface area (Å²) in [5.74, 6) is 0.794. The van der Waals surface area contributed by atoms with Gasteiger partial charge in [0.25, 0.3) is 10.0 Å². The number of hydrogen-bond donors (Lipinski definition) is 0. The molecule has 0 atom stereocenters. The molecule has 17 heavy (non-hydrogen) atoms. The average Bonchev–Trinajstić information content (AvgIpc) is 2.99. The zero-order valence-corrected chi connectivity index (χ0v) is 10.5. The molecule has 0 spiro atoms. The largest absolute Gasteiger partial charge is 0.361 e. The fourth-order valence-corrected chi connectivity index (χ4v) is 4.42. The predicted molar refractivity (Wildman–Crippen MR) is 62.1 cm³/mol. The van der Waals surface area contributed by atoms with Crippen molar-refractivity contribution in [2.75, 3.05) is 6.54 Å². The summed E-state index contributed by atoms with van der Waals surface area (Å²) < 4.78 is 31.4. The highest BCUT2D eigenvalue weighted by Gasteiger charge is 2.30. The summed E-state index contributed by atoms with van der Waals surface area (Å²) in [6.07, 6.45) is 2.17. The van der Waals surface area contributed by atoms with Crippen molar-refractivity contribution in [1.82, 2.24) is 9.46 Å². The van der Waals surface area contributed by atoms with Gasteiger partial charge in [-0.2, -0.15) is 4.31 Å². The Morgan fingerprint density at radius 1 is 1.47 bits per heavy atom. The van der Waals surface area contributed by atoms with Crippen LogP contribution in [0.5, 0.6) is 0 Å². The smallest absolute Gasteiger partial charge is 0.252 e. The molecule has 0 unspecified atom stereocenters. The summed E-state index contributed by atoms with van der Waals surface area (Å²) >= 11 is 1.24. The van der Waals surface area contributed by atoms with E-state index < -0.39 is 10.0 Å². The molecule has 5 nitrogen and oxygen atoms in total. The summed E-state index contributed by atoms with van der Waals surface area (Å²) in [5, 5.41) is 5.45. The van der Waals surface area contributed by atoms with E-state index in [9.17, 15) is 8.42 Å². The molecule has 0 radical (unpaired) electrons. The van der Waals surface area contributed by atoms with Gasteiger partial charge < -0.3 is 4.52 Å². The van der Waals surface area contributed by atoms with Crippen LogP contribution in [0.4, 0.5) is 0 Å². The van der Waals surface area contributed by atoms with Gasteiger partial charge in [0, 0.05) is 25.1 Å². The molecule has 3 rings (SSSR count). The zero-order valence-electron chi connectivity index (χ0n) is 8.87. The number of nitrogens with zero attached hydrogens (tertiary/aromatic N) is 2. The quantitative estimate of drug-likeness (QED) is 0.829. The van der Waals surface area contributed by atoms with E-state index in [0.29, 0.717) is 23.7 Å². The van der Waals surface area contributed by atoms with E-state index in [1.165, 1.54) is 15.6 Å². The lowest BCUT2D eigenvalue weighted by Gasteiger charge is -2.24. The fraction of sp³-hybridized carbons (Fsp3) is 0.300. The number of sulfonamides is 1. The van der Waals surface area contributed by atoms with Crippen molar-refractivity contribution in [1.29, 1.82) is 0 Å². The third-order valence-corrected chi connectivity index (χ3v) is 5.97. The van der Waals surface area contributed by atoms with Crippen molar-refractivity contribution in [2.45, 2.75) is 17.2 Å². The Morgan fingerprint density at radius 3 is 3.12 bits per heavy atom. The minimum atomic E-state index is -3.36. The van der Waals surface area contributed by atoms with Gasteiger partial charge in [-0.05, 0) is 11.4 Å². The van der Waals surface area contributed by atoms with Crippen LogP contribution in [-0.4, -0.2) is 24.4 Å². The van der Waals surface area contributed by atoms with Gasteiger partial charge in [-0.1, -0.05) is 11.2 Å². The first-order valence-corrected chi connectivity index (χ1v) is 7.46. The molecule has 2 aromatic rings. The topological polar surface area (TPSA) is 63.4 Å². The number of thiophene rings is 1. The van der Waals surface area contributed by atoms with Crippen molar-refractivity contribution in [3.8, 4) is 0 Å². The van der Waals surface area contributed by atoms with Crippen LogP contribution in [0.3, 0.4) is 0 Å². The molecule has 1 aliphatic heterocycles. The predicted octanol–water partition coefficient (Wildman–Crippen LogP) is 1.48. The van der Waals surface area contributed by atoms with Gasteiger partial charge in [0.15, 0.2) is 0 Å². The van der Waals surface area contributed by atoms with E-state index in [1.807, 2.05) is 0 Å². The van der Waals surface area contributed by atoms with Gasteiger partial charge in [-0.3, -0.25) is 0 Å². The van der Waals surface area contributed by atoms with Gasteiger partial charge in [0.05, 0.1) is 6.20 Å². The number of rotatable bonds is 2. The second-order valence-corrected chi connectivity index (χ2v) is 6.91. The Bertz CT molecular complexity index is 616. The van der Waals surface area contributed by atoms with E-state index in [2.05, 4.69) is 5.16 Å². The molecule has 0 saturated heterocycles. The molecule has 0 fully saturated rings. The van der Waals surface area contributed by atoms with Crippen molar-refractivity contribution in [2.24, 2.45) is 0 Å². The van der Waals surface area contributed by atoms with Crippen molar-refractivity contribution in [3.63, 3.8) is 0 Å². The number of fused-ring (bicyclic) bond motifs is 1. The maximum absolute atomic E-state index is 12.3. The lowest BCUT2D eigenvalue weighted by Crippen LogP contribution is -2.35. The lowest BCUT2D eigenvalue weighted by molar-refractivity contribution is 0.331. The second-order valence-electron chi connectivity index (χ2n) is 3.79. The molecule has 0 amide bonds. The first kappa shape index (κ1) is 10.9. The molecule has 7 heteroatoms. The van der Waals surface area contributed by atoms with Crippen LogP contribution in [0.15, 0.2) is 32.4 Å². The third-order valence-electron chi connectivity index (χ3n) is 2.75. The summed E-state index contributed by atoms with van der Waals surface area (Å²) in [7, 11) is -3.36. The summed E-state index contributed by atoms with van der Waals surface area (Å²) in [6.45, 7) is 0.793. The van der Waals surface area contributed by atoms with E-state index in [-0.39, 0.29) is 0 Å². The van der Waals surface area contributed by atoms with Gasteiger partial charge in [0.1, 0.15) is 9.97 Å². The highest BCUT2D eigenvalue weighted by atomic mass is 32.2. The SMILES string of the molecule is O=S(=O)(c1cccs1)N1CCc2oncc2C1. The van der Waals surface area contributed by atoms with Crippen LogP contribution in [-0.2, 0) is 23.0 Å². The first-order valence-electron chi connectivity index (χ1n) is 5.14. The molecule has 0 saturated carbocycles. The average molecular weight is 270 g/mol. The van der Waals surface area contributed by atoms with Gasteiger partial charge in [0.2, 0.25) is 0 Å². The van der Waals surface area contributed by atoms with Crippen LogP contribution in [0.2, 0.25) is 0 Å². The summed E-state index contributed by atoms with van der Waals surface area (Å²) in [5.41, 5.74) is 0.858. The fourth-order valence-electron chi connectivity index (χ4n) is 1.86. The van der Waals surface area contributed by atoms with Gasteiger partial charge in [-0.15, -0.1) is 11.3 Å². The lowest BCUT2D eigenvalue weighted by atomic mass is 10.1. The van der Waals surface area contributed by atoms with E-state index in [4.69, 9.17) is 4.52 Å². The van der Waals surface area contributed by atoms with Crippen molar-refractivity contribution >= 4 is 21.4 Å². The Balaban J connectivity index is 1.93. The highest BCUT2D eigenvalue weighted by Crippen LogP contribution is 2.26. The molecule has 90 valence electrons. The Morgan fingerprint density at radius 2 is 2.35 bits per heavy atom. The van der Waals surface area contributed by atoms with Crippen molar-refractivity contribution in [3.05, 3.63) is 35.0 Å². The molecule has 3 heterocycles. The van der Waals surface area contributed by atoms with E-state index >= 15 is 0 Å². The Hall–Kier alpha value is -1.18. The Labute approximate surface area is 103 Å². The Kier molecular flexibility index (Phi) is 2.53. The molecule has 0 N–H and O–H groups in total. The van der Waals surface area contributed by atoms with Gasteiger partial charge in [-0.25, -0.2) is 8.42 Å². The van der Waals surface area contributed by atoms with Gasteiger partial charge >= 0.3 is 0 Å². The molecule has 0 aliphatic carbocycles. The standard InChI is InChI=1S/C10H10N2O3S2/c13-17(14,10-2-1-5-16-10)12-4-3-9-8(7-12)6-11-15-9/h1-2,5-6H,3-4,7H2. The molecule has 0 aromatic carbocycles. The molecule has 0 bridgehead atoms. The van der Waals surface area contributed by atoms with Crippen molar-refractivity contribution < 1.29 is 12.9 Å². The second kappa shape index (κ2) is 3.94. The number of aromatic nitrogens is 1. The maximum atomic E-state index is 12.3. The first-order chi connectivity index (χ1) is 8.18. The molecule has 1 aliphatic rings. The summed E-state index contributed by atoms with van der Waals surface area (Å²) in [4.78, 5) is 0. The molecule has 2 aromatic heterocycles. The van der Waals surface area contributed by atoms with E-state index in [1.54, 1.807) is 23.7 Å². The third kappa shape index (κ3) is 1.80.